The lowest BCUT2D eigenvalue weighted by atomic mass is 9.92. The van der Waals surface area contributed by atoms with Gasteiger partial charge in [-0.25, -0.2) is 0 Å². The van der Waals surface area contributed by atoms with Crippen LogP contribution in [-0.4, -0.2) is 29.4 Å². The second-order valence-corrected chi connectivity index (χ2v) is 5.61. The molecular weight excluding hydrogens is 250 g/mol. The largest absolute Gasteiger partial charge is 0.369 e. The van der Waals surface area contributed by atoms with Gasteiger partial charge in [-0.3, -0.25) is 9.69 Å². The van der Waals surface area contributed by atoms with E-state index in [0.29, 0.717) is 0 Å². The molecule has 4 nitrogen and oxygen atoms in total. The van der Waals surface area contributed by atoms with Crippen molar-refractivity contribution in [2.75, 3.05) is 6.54 Å². The smallest absolute Gasteiger partial charge is 0.231 e. The normalized spacial score (nSPS) is 14.6. The molecule has 20 heavy (non-hydrogen) atoms. The van der Waals surface area contributed by atoms with Gasteiger partial charge in [0.2, 0.25) is 5.91 Å². The molecular formula is C16H27N3O. The summed E-state index contributed by atoms with van der Waals surface area (Å²) >= 11 is 0. The first-order valence-corrected chi connectivity index (χ1v) is 7.23. The van der Waals surface area contributed by atoms with Gasteiger partial charge < -0.3 is 11.5 Å². The van der Waals surface area contributed by atoms with Crippen LogP contribution in [0.4, 0.5) is 0 Å². The van der Waals surface area contributed by atoms with E-state index in [-0.39, 0.29) is 30.6 Å². The van der Waals surface area contributed by atoms with E-state index < -0.39 is 0 Å². The zero-order chi connectivity index (χ0) is 15.3. The van der Waals surface area contributed by atoms with Crippen molar-refractivity contribution < 1.29 is 4.79 Å². The van der Waals surface area contributed by atoms with Gasteiger partial charge in [0.25, 0.3) is 0 Å². The number of carbonyl (C=O) groups is 1. The molecule has 0 aliphatic heterocycles. The molecule has 4 heteroatoms. The summed E-state index contributed by atoms with van der Waals surface area (Å²) in [6.07, 6.45) is 0.848. The van der Waals surface area contributed by atoms with Crippen molar-refractivity contribution >= 4 is 5.91 Å². The highest BCUT2D eigenvalue weighted by Gasteiger charge is 2.29. The Morgan fingerprint density at radius 1 is 1.30 bits per heavy atom. The molecule has 1 rings (SSSR count). The number of hydrogen-bond donors (Lipinski definition) is 2. The Bertz CT molecular complexity index is 445. The van der Waals surface area contributed by atoms with Crippen molar-refractivity contribution in [3.8, 4) is 0 Å². The zero-order valence-electron chi connectivity index (χ0n) is 13.0. The van der Waals surface area contributed by atoms with Gasteiger partial charge in [0.15, 0.2) is 0 Å². The molecule has 0 fully saturated rings. The highest BCUT2D eigenvalue weighted by atomic mass is 16.1. The van der Waals surface area contributed by atoms with Crippen LogP contribution in [0.3, 0.4) is 0 Å². The number of carbonyl (C=O) groups excluding carboxylic acids is 1. The maximum absolute atomic E-state index is 11.4. The number of nitrogens with two attached hydrogens (primary N) is 2. The lowest BCUT2D eigenvalue weighted by molar-refractivity contribution is -0.120. The molecule has 0 aliphatic rings. The highest BCUT2D eigenvalue weighted by molar-refractivity contribution is 5.76. The van der Waals surface area contributed by atoms with E-state index in [1.165, 1.54) is 11.1 Å². The Balaban J connectivity index is 3.23. The molecule has 0 bridgehead atoms. The Labute approximate surface area is 122 Å². The molecule has 0 saturated heterocycles. The molecule has 0 heterocycles. The number of aryl methyl sites for hydroxylation is 1. The summed E-state index contributed by atoms with van der Waals surface area (Å²) in [5.41, 5.74) is 14.1. The summed E-state index contributed by atoms with van der Waals surface area (Å²) < 4.78 is 0. The number of hydrogen-bond acceptors (Lipinski definition) is 3. The van der Waals surface area contributed by atoms with Gasteiger partial charge in [0.1, 0.15) is 0 Å². The maximum Gasteiger partial charge on any atom is 0.231 e. The highest BCUT2D eigenvalue weighted by Crippen LogP contribution is 2.29. The van der Waals surface area contributed by atoms with Gasteiger partial charge in [-0.2, -0.15) is 0 Å². The van der Waals surface area contributed by atoms with Crippen molar-refractivity contribution in [3.05, 3.63) is 35.4 Å². The minimum absolute atomic E-state index is 0.00806. The van der Waals surface area contributed by atoms with E-state index in [4.69, 9.17) is 11.5 Å². The van der Waals surface area contributed by atoms with E-state index in [1.54, 1.807) is 0 Å². The molecule has 2 unspecified atom stereocenters. The number of primary amides is 1. The summed E-state index contributed by atoms with van der Waals surface area (Å²) in [6, 6.07) is 8.37. The summed E-state index contributed by atoms with van der Waals surface area (Å²) in [4.78, 5) is 13.5. The van der Waals surface area contributed by atoms with Crippen LogP contribution < -0.4 is 11.5 Å². The summed E-state index contributed by atoms with van der Waals surface area (Å²) in [6.45, 7) is 8.50. The second-order valence-electron chi connectivity index (χ2n) is 5.61. The third kappa shape index (κ3) is 4.05. The summed E-state index contributed by atoms with van der Waals surface area (Å²) in [5, 5.41) is 0. The van der Waals surface area contributed by atoms with Crippen LogP contribution in [0.1, 0.15) is 44.4 Å². The molecule has 1 aromatic carbocycles. The van der Waals surface area contributed by atoms with Crippen molar-refractivity contribution in [3.63, 3.8) is 0 Å². The average Bonchev–Trinajstić information content (AvgIpc) is 2.39. The van der Waals surface area contributed by atoms with Crippen LogP contribution in [0, 0.1) is 6.92 Å². The van der Waals surface area contributed by atoms with Crippen LogP contribution in [-0.2, 0) is 4.79 Å². The molecule has 0 spiro atoms. The maximum atomic E-state index is 11.4. The third-order valence-corrected chi connectivity index (χ3v) is 3.74. The molecule has 2 atom stereocenters. The first-order valence-electron chi connectivity index (χ1n) is 7.23. The van der Waals surface area contributed by atoms with Gasteiger partial charge in [-0.05, 0) is 38.3 Å². The monoisotopic (exact) mass is 277 g/mol. The van der Waals surface area contributed by atoms with E-state index >= 15 is 0 Å². The lowest BCUT2D eigenvalue weighted by Gasteiger charge is -2.38. The Morgan fingerprint density at radius 2 is 1.90 bits per heavy atom. The van der Waals surface area contributed by atoms with Crippen LogP contribution in [0.15, 0.2) is 24.3 Å². The number of benzene rings is 1. The van der Waals surface area contributed by atoms with Gasteiger partial charge in [0, 0.05) is 12.1 Å². The fourth-order valence-corrected chi connectivity index (χ4v) is 2.58. The van der Waals surface area contributed by atoms with Crippen molar-refractivity contribution in [1.29, 1.82) is 0 Å². The molecule has 0 saturated carbocycles. The zero-order valence-corrected chi connectivity index (χ0v) is 13.0. The van der Waals surface area contributed by atoms with E-state index in [2.05, 4.69) is 44.7 Å². The predicted octanol–water partition coefficient (Wildman–Crippen LogP) is 1.97. The summed E-state index contributed by atoms with van der Waals surface area (Å²) in [7, 11) is 0. The fraction of sp³-hybridized carbons (Fsp3) is 0.562. The van der Waals surface area contributed by atoms with E-state index in [9.17, 15) is 4.79 Å². The van der Waals surface area contributed by atoms with Gasteiger partial charge >= 0.3 is 0 Å². The number of nitrogens with zero attached hydrogens (tertiary/aromatic N) is 1. The molecule has 1 aromatic rings. The molecule has 0 aliphatic carbocycles. The molecule has 4 N–H and O–H groups in total. The molecule has 112 valence electrons. The van der Waals surface area contributed by atoms with Crippen LogP contribution in [0.5, 0.6) is 0 Å². The summed E-state index contributed by atoms with van der Waals surface area (Å²) in [5.74, 6) is -0.319. The molecule has 0 radical (unpaired) electrons. The van der Waals surface area contributed by atoms with Gasteiger partial charge in [-0.15, -0.1) is 0 Å². The lowest BCUT2D eigenvalue weighted by Crippen LogP contribution is -2.47. The van der Waals surface area contributed by atoms with Crippen molar-refractivity contribution in [2.24, 2.45) is 11.5 Å². The van der Waals surface area contributed by atoms with E-state index in [1.807, 2.05) is 12.1 Å². The quantitative estimate of drug-likeness (QED) is 0.800. The average molecular weight is 277 g/mol. The van der Waals surface area contributed by atoms with Crippen LogP contribution in [0.2, 0.25) is 0 Å². The number of rotatable bonds is 7. The second kappa shape index (κ2) is 7.41. The first-order chi connectivity index (χ1) is 9.38. The van der Waals surface area contributed by atoms with Crippen LogP contribution in [0.25, 0.3) is 0 Å². The van der Waals surface area contributed by atoms with Gasteiger partial charge in [0.05, 0.1) is 12.6 Å². The minimum atomic E-state index is -0.319. The predicted molar refractivity (Wildman–Crippen MR) is 83.2 cm³/mol. The standard InChI is InChI=1S/C16H27N3O/c1-5-14(17)16(13-9-7-6-8-12(13)4)19(11(2)3)10-15(18)20/h6-9,11,14,16H,5,10,17H2,1-4H3,(H2,18,20). The van der Waals surface area contributed by atoms with Gasteiger partial charge in [-0.1, -0.05) is 31.2 Å². The Morgan fingerprint density at radius 3 is 2.35 bits per heavy atom. The molecule has 0 aromatic heterocycles. The van der Waals surface area contributed by atoms with Crippen molar-refractivity contribution in [2.45, 2.75) is 52.2 Å². The third-order valence-electron chi connectivity index (χ3n) is 3.74. The Kier molecular flexibility index (Phi) is 6.17. The fourth-order valence-electron chi connectivity index (χ4n) is 2.58. The van der Waals surface area contributed by atoms with Crippen molar-refractivity contribution in [1.82, 2.24) is 4.90 Å². The van der Waals surface area contributed by atoms with Crippen LogP contribution >= 0.6 is 0 Å². The SMILES string of the molecule is CCC(N)C(c1ccccc1C)N(CC(N)=O)C(C)C. The number of amides is 1. The topological polar surface area (TPSA) is 72.3 Å². The van der Waals surface area contributed by atoms with E-state index in [0.717, 1.165) is 6.42 Å². The minimum Gasteiger partial charge on any atom is -0.369 e. The Hall–Kier alpha value is -1.39. The molecule has 1 amide bonds. The first kappa shape index (κ1) is 16.7.